The fraction of sp³-hybridized carbons (Fsp3) is 0.600. The summed E-state index contributed by atoms with van der Waals surface area (Å²) in [5, 5.41) is 4.39. The monoisotopic (exact) mass is 421 g/mol. The molecule has 1 aliphatic heterocycles. The Morgan fingerprint density at radius 2 is 2.18 bits per heavy atom. The van der Waals surface area contributed by atoms with E-state index in [-0.39, 0.29) is 0 Å². The maximum Gasteiger partial charge on any atom is 0.189 e. The van der Waals surface area contributed by atoms with E-state index >= 15 is 0 Å². The molecule has 154 valence electrons. The standard InChI is InChI=1S/C20H31N5OS2/c1-24-9-6-17(7-10-24)25(2)19-16(14-22-20(23-19)27-3)13-21-8-12-28-15-18-5-4-11-26-18/h4-5,11,14,17,21H,6-10,12-13,15H2,1-3H3. The van der Waals surface area contributed by atoms with Crippen LogP contribution in [0.2, 0.25) is 0 Å². The van der Waals surface area contributed by atoms with Gasteiger partial charge in [-0.3, -0.25) is 0 Å². The van der Waals surface area contributed by atoms with Crippen molar-refractivity contribution in [1.29, 1.82) is 0 Å². The normalized spacial score (nSPS) is 15.8. The maximum absolute atomic E-state index is 5.37. The second kappa shape index (κ2) is 11.1. The molecule has 3 heterocycles. The number of furan rings is 1. The van der Waals surface area contributed by atoms with E-state index in [9.17, 15) is 0 Å². The van der Waals surface area contributed by atoms with Crippen molar-refractivity contribution in [3.8, 4) is 0 Å². The predicted molar refractivity (Wildman–Crippen MR) is 119 cm³/mol. The highest BCUT2D eigenvalue weighted by molar-refractivity contribution is 7.98. The Morgan fingerprint density at radius 1 is 1.36 bits per heavy atom. The third-order valence-corrected chi connectivity index (χ3v) is 6.68. The summed E-state index contributed by atoms with van der Waals surface area (Å²) in [6, 6.07) is 4.51. The van der Waals surface area contributed by atoms with Gasteiger partial charge in [-0.15, -0.1) is 0 Å². The highest BCUT2D eigenvalue weighted by Gasteiger charge is 2.23. The first kappa shape index (κ1) is 21.5. The Hall–Kier alpha value is -1.22. The Labute approximate surface area is 176 Å². The fourth-order valence-electron chi connectivity index (χ4n) is 3.40. The first-order valence-electron chi connectivity index (χ1n) is 9.79. The summed E-state index contributed by atoms with van der Waals surface area (Å²) in [5.74, 6) is 4.08. The number of nitrogens with one attached hydrogen (secondary N) is 1. The third kappa shape index (κ3) is 6.14. The number of anilines is 1. The number of hydrogen-bond acceptors (Lipinski definition) is 8. The van der Waals surface area contributed by atoms with Crippen LogP contribution >= 0.6 is 23.5 Å². The minimum Gasteiger partial charge on any atom is -0.468 e. The molecule has 3 rings (SSSR count). The lowest BCUT2D eigenvalue weighted by Gasteiger charge is -2.36. The lowest BCUT2D eigenvalue weighted by atomic mass is 10.0. The van der Waals surface area contributed by atoms with Gasteiger partial charge in [0, 0.05) is 43.7 Å². The van der Waals surface area contributed by atoms with Crippen LogP contribution in [-0.4, -0.2) is 66.6 Å². The summed E-state index contributed by atoms with van der Waals surface area (Å²) in [4.78, 5) is 14.1. The van der Waals surface area contributed by atoms with Gasteiger partial charge in [0.15, 0.2) is 5.16 Å². The lowest BCUT2D eigenvalue weighted by Crippen LogP contribution is -2.42. The molecule has 0 amide bonds. The molecular weight excluding hydrogens is 390 g/mol. The molecule has 0 unspecified atom stereocenters. The number of piperidine rings is 1. The van der Waals surface area contributed by atoms with E-state index < -0.39 is 0 Å². The highest BCUT2D eigenvalue weighted by Crippen LogP contribution is 2.25. The molecule has 1 aliphatic rings. The maximum atomic E-state index is 5.37. The average Bonchev–Trinajstić information content (AvgIpc) is 3.24. The van der Waals surface area contributed by atoms with Gasteiger partial charge in [0.05, 0.1) is 12.0 Å². The van der Waals surface area contributed by atoms with Crippen molar-refractivity contribution in [2.75, 3.05) is 50.6 Å². The van der Waals surface area contributed by atoms with Crippen LogP contribution in [0, 0.1) is 0 Å². The second-order valence-corrected chi connectivity index (χ2v) is 9.04. The van der Waals surface area contributed by atoms with Gasteiger partial charge >= 0.3 is 0 Å². The summed E-state index contributed by atoms with van der Waals surface area (Å²) in [6.07, 6.45) is 8.12. The molecule has 2 aromatic heterocycles. The SMILES string of the molecule is CSc1ncc(CNCCSCc2ccco2)c(N(C)C2CCN(C)CC2)n1. The zero-order valence-electron chi connectivity index (χ0n) is 17.1. The van der Waals surface area contributed by atoms with Gasteiger partial charge in [-0.05, 0) is 51.4 Å². The van der Waals surface area contributed by atoms with Crippen LogP contribution in [0.25, 0.3) is 0 Å². The predicted octanol–water partition coefficient (Wildman–Crippen LogP) is 3.34. The summed E-state index contributed by atoms with van der Waals surface area (Å²) >= 11 is 3.48. The van der Waals surface area contributed by atoms with Crippen LogP contribution in [0.3, 0.4) is 0 Å². The zero-order valence-corrected chi connectivity index (χ0v) is 18.7. The molecule has 0 bridgehead atoms. The minimum absolute atomic E-state index is 0.545. The van der Waals surface area contributed by atoms with Gasteiger partial charge < -0.3 is 19.5 Å². The van der Waals surface area contributed by atoms with E-state index in [1.165, 1.54) is 18.4 Å². The fourth-order valence-corrected chi connectivity index (χ4v) is 4.53. The number of aromatic nitrogens is 2. The van der Waals surface area contributed by atoms with Gasteiger partial charge in [0.1, 0.15) is 11.6 Å². The molecule has 2 aromatic rings. The zero-order chi connectivity index (χ0) is 19.8. The van der Waals surface area contributed by atoms with Crippen molar-refractivity contribution in [2.24, 2.45) is 0 Å². The Balaban J connectivity index is 1.52. The topological polar surface area (TPSA) is 57.4 Å². The molecule has 1 saturated heterocycles. The molecule has 0 aromatic carbocycles. The van der Waals surface area contributed by atoms with Crippen LogP contribution in [0.1, 0.15) is 24.2 Å². The molecule has 0 aliphatic carbocycles. The molecular formula is C20H31N5OS2. The van der Waals surface area contributed by atoms with Crippen LogP contribution in [0.4, 0.5) is 5.82 Å². The first-order valence-corrected chi connectivity index (χ1v) is 12.2. The average molecular weight is 422 g/mol. The van der Waals surface area contributed by atoms with Gasteiger partial charge in [-0.1, -0.05) is 11.8 Å². The van der Waals surface area contributed by atoms with Crippen molar-refractivity contribution in [3.05, 3.63) is 35.9 Å². The minimum atomic E-state index is 0.545. The molecule has 0 atom stereocenters. The lowest BCUT2D eigenvalue weighted by molar-refractivity contribution is 0.252. The van der Waals surface area contributed by atoms with Gasteiger partial charge in [-0.2, -0.15) is 11.8 Å². The van der Waals surface area contributed by atoms with Crippen LogP contribution in [-0.2, 0) is 12.3 Å². The summed E-state index contributed by atoms with van der Waals surface area (Å²) in [5.41, 5.74) is 1.18. The number of nitrogens with zero attached hydrogens (tertiary/aromatic N) is 4. The van der Waals surface area contributed by atoms with Crippen LogP contribution < -0.4 is 10.2 Å². The first-order chi connectivity index (χ1) is 13.7. The molecule has 1 fully saturated rings. The number of rotatable bonds is 10. The van der Waals surface area contributed by atoms with Crippen LogP contribution in [0.5, 0.6) is 0 Å². The van der Waals surface area contributed by atoms with E-state index in [0.29, 0.717) is 6.04 Å². The summed E-state index contributed by atoms with van der Waals surface area (Å²) < 4.78 is 5.37. The van der Waals surface area contributed by atoms with Crippen molar-refractivity contribution < 1.29 is 4.42 Å². The van der Waals surface area contributed by atoms with Crippen molar-refractivity contribution in [3.63, 3.8) is 0 Å². The van der Waals surface area contributed by atoms with E-state index in [2.05, 4.69) is 34.2 Å². The van der Waals surface area contributed by atoms with E-state index in [1.54, 1.807) is 18.0 Å². The Morgan fingerprint density at radius 3 is 2.89 bits per heavy atom. The van der Waals surface area contributed by atoms with Gasteiger partial charge in [0.2, 0.25) is 0 Å². The van der Waals surface area contributed by atoms with E-state index in [1.807, 2.05) is 36.3 Å². The van der Waals surface area contributed by atoms with Crippen molar-refractivity contribution in [1.82, 2.24) is 20.2 Å². The number of thioether (sulfide) groups is 2. The van der Waals surface area contributed by atoms with Gasteiger partial charge in [0.25, 0.3) is 0 Å². The highest BCUT2D eigenvalue weighted by atomic mass is 32.2. The van der Waals surface area contributed by atoms with Crippen molar-refractivity contribution >= 4 is 29.3 Å². The molecule has 0 radical (unpaired) electrons. The summed E-state index contributed by atoms with van der Waals surface area (Å²) in [7, 11) is 4.39. The smallest absolute Gasteiger partial charge is 0.189 e. The van der Waals surface area contributed by atoms with E-state index in [0.717, 1.165) is 54.4 Å². The largest absolute Gasteiger partial charge is 0.468 e. The van der Waals surface area contributed by atoms with Gasteiger partial charge in [-0.25, -0.2) is 9.97 Å². The Kier molecular flexibility index (Phi) is 8.51. The molecule has 0 saturated carbocycles. The van der Waals surface area contributed by atoms with E-state index in [4.69, 9.17) is 9.40 Å². The number of hydrogen-bond donors (Lipinski definition) is 1. The molecule has 8 heteroatoms. The Bertz CT molecular complexity index is 705. The molecule has 1 N–H and O–H groups in total. The molecule has 6 nitrogen and oxygen atoms in total. The third-order valence-electron chi connectivity index (χ3n) is 5.14. The molecule has 28 heavy (non-hydrogen) atoms. The quantitative estimate of drug-likeness (QED) is 0.356. The second-order valence-electron chi connectivity index (χ2n) is 7.16. The number of likely N-dealkylation sites (tertiary alicyclic amines) is 1. The van der Waals surface area contributed by atoms with Crippen molar-refractivity contribution in [2.45, 2.75) is 36.3 Å². The molecule has 0 spiro atoms. The van der Waals surface area contributed by atoms with Crippen LogP contribution in [0.15, 0.2) is 34.2 Å². The summed E-state index contributed by atoms with van der Waals surface area (Å²) in [6.45, 7) is 4.04.